The van der Waals surface area contributed by atoms with E-state index >= 15 is 0 Å². The van der Waals surface area contributed by atoms with Crippen molar-refractivity contribution in [2.24, 2.45) is 10.1 Å². The lowest BCUT2D eigenvalue weighted by Crippen LogP contribution is -2.18. The third kappa shape index (κ3) is 5.24. The van der Waals surface area contributed by atoms with Gasteiger partial charge in [-0.3, -0.25) is 9.52 Å². The number of carbonyl (C=O) groups excluding carboxylic acids is 1. The number of para-hydroxylation sites is 1. The smallest absolute Gasteiger partial charge is 0.281 e. The SMILES string of the molecule is C#CCn1c(=NC(=O)c2ccccc2NS(=O)(=O)c2ccc(C)cc2)sc2cc(S(N)(=O)=O)ccc21. The molecule has 0 aliphatic rings. The van der Waals surface area contributed by atoms with E-state index in [2.05, 4.69) is 15.6 Å². The van der Waals surface area contributed by atoms with Gasteiger partial charge in [-0.05, 0) is 49.4 Å². The number of fused-ring (bicyclic) bond motifs is 1. The van der Waals surface area contributed by atoms with Crippen LogP contribution < -0.4 is 14.7 Å². The van der Waals surface area contributed by atoms with Crippen LogP contribution in [0.3, 0.4) is 0 Å². The topological polar surface area (TPSA) is 141 Å². The molecular weight excluding hydrogens is 520 g/mol. The second-order valence-corrected chi connectivity index (χ2v) is 12.0. The van der Waals surface area contributed by atoms with Gasteiger partial charge in [-0.1, -0.05) is 47.1 Å². The highest BCUT2D eigenvalue weighted by atomic mass is 32.2. The van der Waals surface area contributed by atoms with E-state index in [0.717, 1.165) is 16.9 Å². The molecule has 0 atom stereocenters. The van der Waals surface area contributed by atoms with Crippen molar-refractivity contribution in [3.05, 3.63) is 82.7 Å². The van der Waals surface area contributed by atoms with Crippen LogP contribution in [0.5, 0.6) is 0 Å². The highest BCUT2D eigenvalue weighted by molar-refractivity contribution is 7.92. The third-order valence-corrected chi connectivity index (χ3v) is 8.50. The third-order valence-electron chi connectivity index (χ3n) is 5.16. The number of thiazole rings is 1. The van der Waals surface area contributed by atoms with E-state index in [4.69, 9.17) is 11.6 Å². The van der Waals surface area contributed by atoms with Crippen molar-refractivity contribution in [2.45, 2.75) is 23.3 Å². The van der Waals surface area contributed by atoms with Gasteiger partial charge in [0.05, 0.1) is 37.8 Å². The van der Waals surface area contributed by atoms with Crippen molar-refractivity contribution in [2.75, 3.05) is 4.72 Å². The molecule has 0 saturated carbocycles. The molecule has 0 aliphatic carbocycles. The fourth-order valence-electron chi connectivity index (χ4n) is 3.39. The highest BCUT2D eigenvalue weighted by Crippen LogP contribution is 2.23. The van der Waals surface area contributed by atoms with E-state index in [1.807, 2.05) is 6.92 Å². The second-order valence-electron chi connectivity index (χ2n) is 7.73. The lowest BCUT2D eigenvalue weighted by Gasteiger charge is -2.11. The molecule has 1 heterocycles. The maximum Gasteiger partial charge on any atom is 0.281 e. The molecule has 0 radical (unpaired) electrons. The zero-order chi connectivity index (χ0) is 26.1. The molecule has 3 N–H and O–H groups in total. The molecule has 0 unspecified atom stereocenters. The van der Waals surface area contributed by atoms with E-state index in [1.165, 1.54) is 42.5 Å². The minimum Gasteiger partial charge on any atom is -0.305 e. The number of nitrogens with zero attached hydrogens (tertiary/aromatic N) is 2. The Bertz CT molecular complexity index is 1810. The van der Waals surface area contributed by atoms with Crippen molar-refractivity contribution < 1.29 is 21.6 Å². The summed E-state index contributed by atoms with van der Waals surface area (Å²) in [7, 11) is -7.89. The molecule has 3 aromatic carbocycles. The first kappa shape index (κ1) is 25.3. The molecule has 0 aliphatic heterocycles. The molecular formula is C24H20N4O5S3. The second kappa shape index (κ2) is 9.71. The summed E-state index contributed by atoms with van der Waals surface area (Å²) < 4.78 is 53.8. The van der Waals surface area contributed by atoms with Gasteiger partial charge in [0, 0.05) is 0 Å². The van der Waals surface area contributed by atoms with Crippen LogP contribution in [0.25, 0.3) is 10.2 Å². The largest absolute Gasteiger partial charge is 0.305 e. The van der Waals surface area contributed by atoms with Crippen molar-refractivity contribution in [3.63, 3.8) is 0 Å². The Hall–Kier alpha value is -3.76. The molecule has 0 bridgehead atoms. The van der Waals surface area contributed by atoms with E-state index < -0.39 is 26.0 Å². The highest BCUT2D eigenvalue weighted by Gasteiger charge is 2.19. The Labute approximate surface area is 212 Å². The first-order valence-electron chi connectivity index (χ1n) is 10.4. The number of nitrogens with one attached hydrogen (secondary N) is 1. The van der Waals surface area contributed by atoms with E-state index in [-0.39, 0.29) is 32.4 Å². The first-order valence-corrected chi connectivity index (χ1v) is 14.2. The Morgan fingerprint density at radius 3 is 2.39 bits per heavy atom. The van der Waals surface area contributed by atoms with Gasteiger partial charge >= 0.3 is 0 Å². The van der Waals surface area contributed by atoms with Gasteiger partial charge in [0.15, 0.2) is 4.80 Å². The number of hydrogen-bond acceptors (Lipinski definition) is 6. The minimum atomic E-state index is -3.96. The number of amides is 1. The maximum atomic E-state index is 13.2. The number of aromatic nitrogens is 1. The molecule has 4 aromatic rings. The van der Waals surface area contributed by atoms with Crippen LogP contribution in [0, 0.1) is 19.3 Å². The summed E-state index contributed by atoms with van der Waals surface area (Å²) in [6.45, 7) is 1.91. The van der Waals surface area contributed by atoms with E-state index in [1.54, 1.807) is 28.8 Å². The van der Waals surface area contributed by atoms with Gasteiger partial charge < -0.3 is 4.57 Å². The summed E-state index contributed by atoms with van der Waals surface area (Å²) in [4.78, 5) is 17.6. The standard InChI is InChI=1S/C24H20N4O5S3/c1-3-14-28-21-13-12-18(35(25,30)31)15-22(21)34-24(28)26-23(29)19-6-4-5-7-20(19)27-36(32,33)17-10-8-16(2)9-11-17/h1,4-13,15,27H,14H2,2H3,(H2,25,30,31). The Morgan fingerprint density at radius 1 is 1.06 bits per heavy atom. The summed E-state index contributed by atoms with van der Waals surface area (Å²) in [6, 6.07) is 16.7. The molecule has 0 saturated heterocycles. The predicted molar refractivity (Wildman–Crippen MR) is 138 cm³/mol. The molecule has 12 heteroatoms. The van der Waals surface area contributed by atoms with Crippen molar-refractivity contribution in [3.8, 4) is 12.3 Å². The number of anilines is 1. The van der Waals surface area contributed by atoms with Crippen LogP contribution in [0.1, 0.15) is 15.9 Å². The molecule has 0 fully saturated rings. The molecule has 9 nitrogen and oxygen atoms in total. The molecule has 0 spiro atoms. The maximum absolute atomic E-state index is 13.2. The summed E-state index contributed by atoms with van der Waals surface area (Å²) >= 11 is 1.06. The van der Waals surface area contributed by atoms with Gasteiger partial charge in [-0.2, -0.15) is 4.99 Å². The summed E-state index contributed by atoms with van der Waals surface area (Å²) in [5, 5.41) is 5.23. The monoisotopic (exact) mass is 540 g/mol. The molecule has 4 rings (SSSR count). The molecule has 1 aromatic heterocycles. The molecule has 36 heavy (non-hydrogen) atoms. The number of benzene rings is 3. The fraction of sp³-hybridized carbons (Fsp3) is 0.0833. The van der Waals surface area contributed by atoms with Gasteiger partial charge in [0.25, 0.3) is 15.9 Å². The minimum absolute atomic E-state index is 0.0307. The zero-order valence-electron chi connectivity index (χ0n) is 18.9. The van der Waals surface area contributed by atoms with Crippen LogP contribution in [0.2, 0.25) is 0 Å². The first-order chi connectivity index (χ1) is 17.0. The number of rotatable bonds is 6. The average molecular weight is 541 g/mol. The number of primary sulfonamides is 1. The van der Waals surface area contributed by atoms with Crippen molar-refractivity contribution >= 4 is 53.2 Å². The summed E-state index contributed by atoms with van der Waals surface area (Å²) in [5.74, 6) is 1.78. The summed E-state index contributed by atoms with van der Waals surface area (Å²) in [5.41, 5.74) is 1.57. The predicted octanol–water partition coefficient (Wildman–Crippen LogP) is 2.83. The van der Waals surface area contributed by atoms with Crippen LogP contribution in [0.4, 0.5) is 5.69 Å². The van der Waals surface area contributed by atoms with Crippen molar-refractivity contribution in [1.82, 2.24) is 4.57 Å². The average Bonchev–Trinajstić information content (AvgIpc) is 3.15. The van der Waals surface area contributed by atoms with E-state index in [0.29, 0.717) is 10.2 Å². The van der Waals surface area contributed by atoms with Gasteiger partial charge in [0.2, 0.25) is 10.0 Å². The quantitative estimate of drug-likeness (QED) is 0.362. The Morgan fingerprint density at radius 2 is 1.72 bits per heavy atom. The Kier molecular flexibility index (Phi) is 6.83. The van der Waals surface area contributed by atoms with Crippen LogP contribution in [-0.2, 0) is 26.6 Å². The summed E-state index contributed by atoms with van der Waals surface area (Å²) in [6.07, 6.45) is 5.49. The number of carbonyl (C=O) groups is 1. The van der Waals surface area contributed by atoms with Crippen molar-refractivity contribution in [1.29, 1.82) is 0 Å². The molecule has 184 valence electrons. The number of hydrogen-bond donors (Lipinski definition) is 2. The van der Waals surface area contributed by atoms with Crippen LogP contribution >= 0.6 is 11.3 Å². The lowest BCUT2D eigenvalue weighted by molar-refractivity contribution is 0.0998. The van der Waals surface area contributed by atoms with E-state index in [9.17, 15) is 21.6 Å². The Balaban J connectivity index is 1.78. The number of terminal acetylenes is 1. The zero-order valence-corrected chi connectivity index (χ0v) is 21.3. The lowest BCUT2D eigenvalue weighted by atomic mass is 10.2. The number of aryl methyl sites for hydroxylation is 1. The normalized spacial score (nSPS) is 12.4. The van der Waals surface area contributed by atoms with Gasteiger partial charge in [-0.25, -0.2) is 22.0 Å². The van der Waals surface area contributed by atoms with Gasteiger partial charge in [0.1, 0.15) is 0 Å². The molecule has 1 amide bonds. The van der Waals surface area contributed by atoms with Crippen LogP contribution in [-0.4, -0.2) is 27.3 Å². The number of sulfonamides is 2. The van der Waals surface area contributed by atoms with Gasteiger partial charge in [-0.15, -0.1) is 6.42 Å². The van der Waals surface area contributed by atoms with Crippen LogP contribution in [0.15, 0.2) is 81.5 Å². The fourth-order valence-corrected chi connectivity index (χ4v) is 6.15. The number of nitrogens with two attached hydrogens (primary N) is 1.